The van der Waals surface area contributed by atoms with Crippen LogP contribution >= 0.6 is 21.6 Å². The van der Waals surface area contributed by atoms with E-state index in [1.54, 1.807) is 68.4 Å². The zero-order chi connectivity index (χ0) is 56.1. The molecule has 416 valence electrons. The Morgan fingerprint density at radius 2 is 1.33 bits per heavy atom. The molecule has 2 heterocycles. The third-order valence-electron chi connectivity index (χ3n) is 12.5. The second kappa shape index (κ2) is 29.9. The van der Waals surface area contributed by atoms with Gasteiger partial charge in [0.1, 0.15) is 48.0 Å². The van der Waals surface area contributed by atoms with Gasteiger partial charge in [0.15, 0.2) is 0 Å². The highest BCUT2D eigenvalue weighted by Gasteiger charge is 2.42. The van der Waals surface area contributed by atoms with Crippen molar-refractivity contribution in [3.63, 3.8) is 0 Å². The first kappa shape index (κ1) is 61.6. The Balaban J connectivity index is 1.77. The van der Waals surface area contributed by atoms with E-state index in [0.29, 0.717) is 42.7 Å². The highest BCUT2D eigenvalue weighted by Crippen LogP contribution is 2.38. The number of benzene rings is 2. The van der Waals surface area contributed by atoms with Gasteiger partial charge in [-0.05, 0) is 82.2 Å². The van der Waals surface area contributed by atoms with Gasteiger partial charge in [-0.15, -0.1) is 0 Å². The number of nitrogens with zero attached hydrogens (tertiary/aromatic N) is 1. The zero-order valence-corrected chi connectivity index (χ0v) is 44.4. The molecule has 17 N–H and O–H groups in total. The topological polar surface area (TPSA) is 415 Å². The fraction of sp³-hybridized carbons (Fsp3) is 0.531. The number of amides is 11. The molecule has 27 heteroatoms. The minimum atomic E-state index is -1.78. The molecule has 0 aliphatic carbocycles. The second-order valence-corrected chi connectivity index (χ2v) is 21.9. The van der Waals surface area contributed by atoms with E-state index in [1.165, 1.54) is 12.0 Å². The maximum Gasteiger partial charge on any atom is 0.246 e. The SMILES string of the molecule is COc1ccc(C[C@@H]2NC(=O)[C@H](N)C(C)(C)SSC[C@@H](C(=O)N3CCCC3C(=O)N[C@@H](CCCCN)C(=O)NCC(N)=O)NC(=O)[C@H](CC(N)=O)NC(=O)[C@H](CCC(N)=O)NC(=O)[C@H](Cc3ccccc3)NC2=O)cc1. The molecule has 2 fully saturated rings. The van der Waals surface area contributed by atoms with E-state index in [2.05, 4.69) is 37.2 Å². The lowest BCUT2D eigenvalue weighted by molar-refractivity contribution is -0.142. The van der Waals surface area contributed by atoms with Crippen molar-refractivity contribution in [2.24, 2.45) is 28.7 Å². The number of hydrogen-bond donors (Lipinski definition) is 12. The van der Waals surface area contributed by atoms with E-state index in [-0.39, 0.29) is 38.0 Å². The van der Waals surface area contributed by atoms with Crippen LogP contribution in [0.2, 0.25) is 0 Å². The van der Waals surface area contributed by atoms with Gasteiger partial charge < -0.3 is 75.5 Å². The van der Waals surface area contributed by atoms with E-state index in [1.807, 2.05) is 0 Å². The molecule has 0 spiro atoms. The van der Waals surface area contributed by atoms with Crippen molar-refractivity contribution in [3.05, 3.63) is 65.7 Å². The number of carbonyl (C=O) groups excluding carboxylic acids is 11. The number of hydrogen-bond acceptors (Lipinski definition) is 16. The predicted molar refractivity (Wildman–Crippen MR) is 283 cm³/mol. The summed E-state index contributed by atoms with van der Waals surface area (Å²) in [5.74, 6) is -9.25. The fourth-order valence-electron chi connectivity index (χ4n) is 8.21. The number of rotatable bonds is 20. The van der Waals surface area contributed by atoms with Gasteiger partial charge in [0, 0.05) is 36.3 Å². The Hall–Kier alpha value is -6.97. The summed E-state index contributed by atoms with van der Waals surface area (Å²) in [6.07, 6.45) is -0.320. The molecule has 8 atom stereocenters. The Kier molecular flexibility index (Phi) is 24.3. The molecule has 2 aromatic carbocycles. The smallest absolute Gasteiger partial charge is 0.246 e. The first-order valence-electron chi connectivity index (χ1n) is 24.7. The van der Waals surface area contributed by atoms with Crippen LogP contribution in [0.1, 0.15) is 76.3 Å². The molecule has 0 saturated carbocycles. The van der Waals surface area contributed by atoms with Gasteiger partial charge in [0.05, 0.1) is 26.1 Å². The number of unbranched alkanes of at least 4 members (excludes halogenated alkanes) is 1. The lowest BCUT2D eigenvalue weighted by Crippen LogP contribution is -2.62. The second-order valence-electron chi connectivity index (χ2n) is 18.9. The minimum Gasteiger partial charge on any atom is -0.497 e. The van der Waals surface area contributed by atoms with Gasteiger partial charge in [0.2, 0.25) is 65.0 Å². The molecule has 1 unspecified atom stereocenters. The molecule has 76 heavy (non-hydrogen) atoms. The Morgan fingerprint density at radius 1 is 0.750 bits per heavy atom. The number of likely N-dealkylation sites (tertiary alicyclic amines) is 1. The van der Waals surface area contributed by atoms with Crippen molar-refractivity contribution < 1.29 is 57.5 Å². The van der Waals surface area contributed by atoms with E-state index in [9.17, 15) is 52.7 Å². The van der Waals surface area contributed by atoms with Gasteiger partial charge in [-0.1, -0.05) is 64.1 Å². The van der Waals surface area contributed by atoms with Crippen LogP contribution in [0, 0.1) is 0 Å². The van der Waals surface area contributed by atoms with Crippen molar-refractivity contribution in [2.45, 2.75) is 131 Å². The third-order valence-corrected chi connectivity index (χ3v) is 15.8. The molecular weight excluding hydrogens is 1030 g/mol. The molecule has 0 aromatic heterocycles. The van der Waals surface area contributed by atoms with E-state index < -0.39 is 144 Å². The maximum absolute atomic E-state index is 14.7. The number of nitrogens with one attached hydrogen (secondary N) is 7. The van der Waals surface area contributed by atoms with E-state index in [0.717, 1.165) is 21.6 Å². The highest BCUT2D eigenvalue weighted by atomic mass is 33.1. The van der Waals surface area contributed by atoms with Crippen LogP contribution in [0.4, 0.5) is 0 Å². The van der Waals surface area contributed by atoms with E-state index in [4.69, 9.17) is 33.4 Å². The average molecular weight is 1100 g/mol. The molecule has 2 saturated heterocycles. The maximum atomic E-state index is 14.7. The van der Waals surface area contributed by atoms with Gasteiger partial charge in [0.25, 0.3) is 0 Å². The van der Waals surface area contributed by atoms with Crippen LogP contribution in [0.25, 0.3) is 0 Å². The first-order valence-corrected chi connectivity index (χ1v) is 27.0. The summed E-state index contributed by atoms with van der Waals surface area (Å²) in [7, 11) is 3.57. The monoisotopic (exact) mass is 1100 g/mol. The van der Waals surface area contributed by atoms with E-state index >= 15 is 0 Å². The number of ether oxygens (including phenoxy) is 1. The molecule has 2 aromatic rings. The lowest BCUT2D eigenvalue weighted by atomic mass is 9.99. The third kappa shape index (κ3) is 19.3. The quantitative estimate of drug-likeness (QED) is 0.0458. The van der Waals surface area contributed by atoms with Crippen LogP contribution in [0.3, 0.4) is 0 Å². The molecule has 4 rings (SSSR count). The largest absolute Gasteiger partial charge is 0.497 e. The molecule has 2 aliphatic rings. The standard InChI is InChI=1S/C49H71N13O12S2/c1-49(2)40(54)47(72)60-33(23-28-14-16-29(74-3)17-15-28)44(69)58-32(22-27-10-5-4-6-11-27)43(68)56-31(18-19-37(51)63)42(67)59-34(24-38(52)64)45(70)61-35(26-75-76-49)48(73)62-21-9-13-36(62)46(71)57-30(12-7-8-20-50)41(66)55-25-39(53)65/h4-6,10-11,14-17,30-36,40H,7-9,12-13,18-26,50,54H2,1-3H3,(H2,51,63)(H2,52,64)(H2,53,65)(H,55,66)(H,56,68)(H,57,71)(H,58,69)(H,59,67)(H,60,72)(H,61,70)/t30-,31-,32-,33-,34-,35-,36?,40-/m0/s1. The molecule has 25 nitrogen and oxygen atoms in total. The van der Waals surface area contributed by atoms with Crippen LogP contribution < -0.4 is 70.6 Å². The van der Waals surface area contributed by atoms with Crippen LogP contribution in [0.5, 0.6) is 5.75 Å². The minimum absolute atomic E-state index is 0.0303. The van der Waals surface area contributed by atoms with Crippen LogP contribution in [-0.2, 0) is 65.6 Å². The molecule has 0 bridgehead atoms. The Morgan fingerprint density at radius 3 is 1.92 bits per heavy atom. The Labute approximate surface area is 448 Å². The summed E-state index contributed by atoms with van der Waals surface area (Å²) in [5.41, 5.74) is 29.8. The predicted octanol–water partition coefficient (Wildman–Crippen LogP) is -3.25. The van der Waals surface area contributed by atoms with Crippen molar-refractivity contribution in [3.8, 4) is 5.75 Å². The van der Waals surface area contributed by atoms with Gasteiger partial charge >= 0.3 is 0 Å². The highest BCUT2D eigenvalue weighted by molar-refractivity contribution is 8.77. The van der Waals surface area contributed by atoms with Crippen molar-refractivity contribution in [1.29, 1.82) is 0 Å². The van der Waals surface area contributed by atoms with Gasteiger partial charge in [-0.2, -0.15) is 0 Å². The molecule has 2 aliphatic heterocycles. The Bertz CT molecular complexity index is 2400. The average Bonchev–Trinajstić information content (AvgIpc) is 3.88. The van der Waals surface area contributed by atoms with Crippen LogP contribution in [0.15, 0.2) is 54.6 Å². The van der Waals surface area contributed by atoms with Crippen molar-refractivity contribution in [1.82, 2.24) is 42.1 Å². The van der Waals surface area contributed by atoms with Gasteiger partial charge in [-0.3, -0.25) is 52.7 Å². The number of primary amides is 3. The summed E-state index contributed by atoms with van der Waals surface area (Å²) >= 11 is 0. The summed E-state index contributed by atoms with van der Waals surface area (Å²) in [5, 5.41) is 18.1. The fourth-order valence-corrected chi connectivity index (χ4v) is 11.0. The van der Waals surface area contributed by atoms with Crippen LogP contribution in [-0.4, -0.2) is 155 Å². The first-order chi connectivity index (χ1) is 36.0. The normalized spacial score (nSPS) is 23.2. The van der Waals surface area contributed by atoms with Crippen molar-refractivity contribution >= 4 is 86.6 Å². The van der Waals surface area contributed by atoms with Gasteiger partial charge in [-0.25, -0.2) is 0 Å². The van der Waals surface area contributed by atoms with Crippen molar-refractivity contribution in [2.75, 3.05) is 32.5 Å². The summed E-state index contributed by atoms with van der Waals surface area (Å²) < 4.78 is 4.12. The number of nitrogens with two attached hydrogens (primary N) is 5. The summed E-state index contributed by atoms with van der Waals surface area (Å²) in [6, 6.07) is 3.97. The lowest BCUT2D eigenvalue weighted by Gasteiger charge is -2.33. The summed E-state index contributed by atoms with van der Waals surface area (Å²) in [4.78, 5) is 151. The molecule has 0 radical (unpaired) electrons. The summed E-state index contributed by atoms with van der Waals surface area (Å²) in [6.45, 7) is 3.14. The number of methoxy groups -OCH3 is 1. The molecular formula is C49H71N13O12S2. The zero-order valence-electron chi connectivity index (χ0n) is 42.8. The molecule has 11 amide bonds. The number of carbonyl (C=O) groups is 11.